The van der Waals surface area contributed by atoms with Crippen molar-refractivity contribution in [1.82, 2.24) is 0 Å². The molecule has 4 heteroatoms. The van der Waals surface area contributed by atoms with Crippen LogP contribution in [0.4, 0.5) is 0 Å². The topological polar surface area (TPSA) is 58.9 Å². The lowest BCUT2D eigenvalue weighted by Crippen LogP contribution is -1.88. The van der Waals surface area contributed by atoms with Gasteiger partial charge in [-0.25, -0.2) is 0 Å². The van der Waals surface area contributed by atoms with E-state index in [1.165, 1.54) is 0 Å². The fourth-order valence-electron chi connectivity index (χ4n) is 2.18. The molecule has 0 aliphatic rings. The highest BCUT2D eigenvalue weighted by Gasteiger charge is 2.05. The third kappa shape index (κ3) is 3.60. The van der Waals surface area contributed by atoms with Crippen LogP contribution in [0.2, 0.25) is 0 Å². The van der Waals surface area contributed by atoms with Crippen molar-refractivity contribution in [3.8, 4) is 34.5 Å². The maximum absolute atomic E-state index is 9.75. The van der Waals surface area contributed by atoms with Gasteiger partial charge >= 0.3 is 0 Å². The van der Waals surface area contributed by atoms with Crippen molar-refractivity contribution in [3.05, 3.63) is 71.8 Å². The SMILES string of the molecule is Cc1ccc(Oc2cccc(Oc3ccc(C)c(O)c3)c2)cc1O. The second-order valence-electron chi connectivity index (χ2n) is 5.58. The Bertz CT molecular complexity index is 803. The van der Waals surface area contributed by atoms with Crippen molar-refractivity contribution in [1.29, 1.82) is 0 Å². The van der Waals surface area contributed by atoms with Crippen LogP contribution in [0, 0.1) is 13.8 Å². The summed E-state index contributed by atoms with van der Waals surface area (Å²) < 4.78 is 11.5. The molecule has 0 unspecified atom stereocenters. The molecule has 2 N–H and O–H groups in total. The molecular weight excluding hydrogens is 304 g/mol. The molecule has 0 spiro atoms. The summed E-state index contributed by atoms with van der Waals surface area (Å²) in [7, 11) is 0. The van der Waals surface area contributed by atoms with E-state index in [-0.39, 0.29) is 11.5 Å². The Morgan fingerprint density at radius 2 is 1.00 bits per heavy atom. The Labute approximate surface area is 140 Å². The van der Waals surface area contributed by atoms with Gasteiger partial charge in [-0.1, -0.05) is 18.2 Å². The fraction of sp³-hybridized carbons (Fsp3) is 0.100. The van der Waals surface area contributed by atoms with Crippen LogP contribution < -0.4 is 9.47 Å². The van der Waals surface area contributed by atoms with Crippen LogP contribution in [0.15, 0.2) is 60.7 Å². The summed E-state index contributed by atoms with van der Waals surface area (Å²) in [5.74, 6) is 2.65. The van der Waals surface area contributed by atoms with E-state index in [1.54, 1.807) is 54.6 Å². The zero-order chi connectivity index (χ0) is 17.1. The van der Waals surface area contributed by atoms with E-state index >= 15 is 0 Å². The zero-order valence-corrected chi connectivity index (χ0v) is 13.5. The lowest BCUT2D eigenvalue weighted by Gasteiger charge is -2.10. The summed E-state index contributed by atoms with van der Waals surface area (Å²) in [6.07, 6.45) is 0. The lowest BCUT2D eigenvalue weighted by atomic mass is 10.2. The molecule has 0 radical (unpaired) electrons. The molecule has 4 nitrogen and oxygen atoms in total. The van der Waals surface area contributed by atoms with Crippen molar-refractivity contribution in [2.45, 2.75) is 13.8 Å². The number of ether oxygens (including phenoxy) is 2. The average molecular weight is 322 g/mol. The number of phenolic OH excluding ortho intramolecular Hbond substituents is 2. The van der Waals surface area contributed by atoms with Crippen molar-refractivity contribution < 1.29 is 19.7 Å². The quantitative estimate of drug-likeness (QED) is 0.684. The first-order valence-corrected chi connectivity index (χ1v) is 7.56. The predicted octanol–water partition coefficient (Wildman–Crippen LogP) is 5.30. The molecule has 0 heterocycles. The minimum Gasteiger partial charge on any atom is -0.508 e. The van der Waals surface area contributed by atoms with E-state index < -0.39 is 0 Å². The standard InChI is InChI=1S/C20H18O4/c1-13-6-8-17(11-19(13)21)23-15-4-3-5-16(10-15)24-18-9-7-14(2)20(22)12-18/h3-12,21-22H,1-2H3. The van der Waals surface area contributed by atoms with Crippen molar-refractivity contribution in [2.75, 3.05) is 0 Å². The Morgan fingerprint density at radius 1 is 0.583 bits per heavy atom. The van der Waals surface area contributed by atoms with Crippen LogP contribution in [0.1, 0.15) is 11.1 Å². The number of phenols is 2. The number of aryl methyl sites for hydroxylation is 2. The molecule has 3 aromatic rings. The van der Waals surface area contributed by atoms with Gasteiger partial charge in [0.1, 0.15) is 34.5 Å². The van der Waals surface area contributed by atoms with E-state index in [0.29, 0.717) is 23.0 Å². The predicted molar refractivity (Wildman–Crippen MR) is 92.3 cm³/mol. The normalized spacial score (nSPS) is 10.4. The molecule has 0 fully saturated rings. The zero-order valence-electron chi connectivity index (χ0n) is 13.5. The number of benzene rings is 3. The van der Waals surface area contributed by atoms with Gasteiger partial charge in [0, 0.05) is 18.2 Å². The molecule has 0 atom stereocenters. The van der Waals surface area contributed by atoms with E-state index in [0.717, 1.165) is 11.1 Å². The molecule has 24 heavy (non-hydrogen) atoms. The van der Waals surface area contributed by atoms with Crippen LogP contribution in [-0.4, -0.2) is 10.2 Å². The van der Waals surface area contributed by atoms with Gasteiger partial charge in [0.05, 0.1) is 0 Å². The summed E-state index contributed by atoms with van der Waals surface area (Å²) in [6, 6.07) is 17.5. The maximum atomic E-state index is 9.75. The largest absolute Gasteiger partial charge is 0.508 e. The Morgan fingerprint density at radius 3 is 1.42 bits per heavy atom. The van der Waals surface area contributed by atoms with Gasteiger partial charge in [0.15, 0.2) is 0 Å². The van der Waals surface area contributed by atoms with Gasteiger partial charge in [0.25, 0.3) is 0 Å². The molecule has 0 aromatic heterocycles. The summed E-state index contributed by atoms with van der Waals surface area (Å²) in [4.78, 5) is 0. The number of hydrogen-bond acceptors (Lipinski definition) is 4. The molecular formula is C20H18O4. The second-order valence-corrected chi connectivity index (χ2v) is 5.58. The van der Waals surface area contributed by atoms with Crippen molar-refractivity contribution in [3.63, 3.8) is 0 Å². The number of hydrogen-bond donors (Lipinski definition) is 2. The van der Waals surface area contributed by atoms with Crippen LogP contribution in [0.5, 0.6) is 34.5 Å². The molecule has 0 amide bonds. The maximum Gasteiger partial charge on any atom is 0.131 e. The number of aromatic hydroxyl groups is 2. The fourth-order valence-corrected chi connectivity index (χ4v) is 2.18. The van der Waals surface area contributed by atoms with E-state index in [9.17, 15) is 10.2 Å². The van der Waals surface area contributed by atoms with Crippen molar-refractivity contribution in [2.24, 2.45) is 0 Å². The second kappa shape index (κ2) is 6.54. The van der Waals surface area contributed by atoms with Crippen molar-refractivity contribution >= 4 is 0 Å². The Balaban J connectivity index is 1.78. The Kier molecular flexibility index (Phi) is 4.29. The molecule has 122 valence electrons. The molecule has 0 aliphatic carbocycles. The smallest absolute Gasteiger partial charge is 0.131 e. The molecule has 0 saturated carbocycles. The first-order chi connectivity index (χ1) is 11.5. The highest BCUT2D eigenvalue weighted by atomic mass is 16.5. The first-order valence-electron chi connectivity index (χ1n) is 7.56. The van der Waals surface area contributed by atoms with Gasteiger partial charge < -0.3 is 19.7 Å². The van der Waals surface area contributed by atoms with Crippen LogP contribution in [-0.2, 0) is 0 Å². The van der Waals surface area contributed by atoms with Gasteiger partial charge in [-0.05, 0) is 49.2 Å². The van der Waals surface area contributed by atoms with Gasteiger partial charge in [-0.3, -0.25) is 0 Å². The highest BCUT2D eigenvalue weighted by molar-refractivity contribution is 5.44. The number of rotatable bonds is 4. The van der Waals surface area contributed by atoms with Gasteiger partial charge in [-0.2, -0.15) is 0 Å². The molecule has 0 bridgehead atoms. The molecule has 0 aliphatic heterocycles. The monoisotopic (exact) mass is 322 g/mol. The molecule has 3 rings (SSSR count). The minimum atomic E-state index is 0.190. The third-order valence-corrected chi connectivity index (χ3v) is 3.64. The van der Waals surface area contributed by atoms with Crippen LogP contribution in [0.25, 0.3) is 0 Å². The minimum absolute atomic E-state index is 0.190. The van der Waals surface area contributed by atoms with Gasteiger partial charge in [-0.15, -0.1) is 0 Å². The van der Waals surface area contributed by atoms with Crippen LogP contribution in [0.3, 0.4) is 0 Å². The summed E-state index contributed by atoms with van der Waals surface area (Å²) in [6.45, 7) is 3.65. The van der Waals surface area contributed by atoms with E-state index in [1.807, 2.05) is 19.9 Å². The Hall–Kier alpha value is -3.14. The van der Waals surface area contributed by atoms with Crippen LogP contribution >= 0.6 is 0 Å². The summed E-state index contributed by atoms with van der Waals surface area (Å²) >= 11 is 0. The summed E-state index contributed by atoms with van der Waals surface area (Å²) in [5.41, 5.74) is 1.58. The highest BCUT2D eigenvalue weighted by Crippen LogP contribution is 2.32. The molecule has 0 saturated heterocycles. The van der Waals surface area contributed by atoms with Gasteiger partial charge in [0.2, 0.25) is 0 Å². The third-order valence-electron chi connectivity index (χ3n) is 3.64. The lowest BCUT2D eigenvalue weighted by molar-refractivity contribution is 0.442. The summed E-state index contributed by atoms with van der Waals surface area (Å²) in [5, 5.41) is 19.5. The first kappa shape index (κ1) is 15.7. The van der Waals surface area contributed by atoms with E-state index in [4.69, 9.17) is 9.47 Å². The average Bonchev–Trinajstić information content (AvgIpc) is 2.55. The molecule has 3 aromatic carbocycles. The van der Waals surface area contributed by atoms with E-state index in [2.05, 4.69) is 0 Å².